The minimum atomic E-state index is -3.49. The van der Waals surface area contributed by atoms with Crippen molar-refractivity contribution in [2.24, 2.45) is 0 Å². The maximum Gasteiger partial charge on any atom is 0.246 e. The van der Waals surface area contributed by atoms with Crippen LogP contribution < -0.4 is 14.8 Å². The SMILES string of the molecule is COc1cc(NC(=O)C(c2ccccc2)N2CCS(=O)(=O)CC2)ccc1NS(C)(=O)=O. The summed E-state index contributed by atoms with van der Waals surface area (Å²) >= 11 is 0. The first-order valence-electron chi connectivity index (χ1n) is 9.54. The number of rotatable bonds is 7. The summed E-state index contributed by atoms with van der Waals surface area (Å²) in [6.45, 7) is 0.520. The van der Waals surface area contributed by atoms with Crippen molar-refractivity contribution in [3.05, 3.63) is 54.1 Å². The summed E-state index contributed by atoms with van der Waals surface area (Å²) in [6, 6.07) is 13.1. The molecule has 0 radical (unpaired) electrons. The van der Waals surface area contributed by atoms with Gasteiger partial charge in [-0.1, -0.05) is 30.3 Å². The smallest absolute Gasteiger partial charge is 0.246 e. The van der Waals surface area contributed by atoms with Gasteiger partial charge in [0.05, 0.1) is 30.6 Å². The third kappa shape index (κ3) is 6.18. The average Bonchev–Trinajstić information content (AvgIpc) is 2.70. The number of hydrogen-bond acceptors (Lipinski definition) is 7. The molecule has 1 unspecified atom stereocenters. The Bertz CT molecular complexity index is 1140. The molecule has 1 heterocycles. The zero-order valence-corrected chi connectivity index (χ0v) is 18.9. The molecule has 31 heavy (non-hydrogen) atoms. The van der Waals surface area contributed by atoms with Crippen molar-refractivity contribution < 1.29 is 26.4 Å². The van der Waals surface area contributed by atoms with Crippen molar-refractivity contribution in [3.63, 3.8) is 0 Å². The van der Waals surface area contributed by atoms with E-state index >= 15 is 0 Å². The summed E-state index contributed by atoms with van der Waals surface area (Å²) in [5.74, 6) is -0.0630. The number of carbonyl (C=O) groups excluding carboxylic acids is 1. The van der Waals surface area contributed by atoms with Crippen LogP contribution in [0.4, 0.5) is 11.4 Å². The molecule has 0 aromatic heterocycles. The van der Waals surface area contributed by atoms with Gasteiger partial charge in [-0.25, -0.2) is 16.8 Å². The largest absolute Gasteiger partial charge is 0.494 e. The maximum absolute atomic E-state index is 13.2. The molecule has 0 aliphatic carbocycles. The Kier molecular flexibility index (Phi) is 6.87. The highest BCUT2D eigenvalue weighted by molar-refractivity contribution is 7.92. The van der Waals surface area contributed by atoms with Crippen LogP contribution in [0.3, 0.4) is 0 Å². The lowest BCUT2D eigenvalue weighted by Crippen LogP contribution is -2.46. The van der Waals surface area contributed by atoms with E-state index < -0.39 is 25.9 Å². The van der Waals surface area contributed by atoms with Crippen molar-refractivity contribution in [3.8, 4) is 5.75 Å². The quantitative estimate of drug-likeness (QED) is 0.632. The lowest BCUT2D eigenvalue weighted by Gasteiger charge is -2.33. The van der Waals surface area contributed by atoms with Crippen LogP contribution in [0.15, 0.2) is 48.5 Å². The molecule has 1 aliphatic rings. The molecule has 0 bridgehead atoms. The van der Waals surface area contributed by atoms with Crippen molar-refractivity contribution in [1.82, 2.24) is 4.90 Å². The number of nitrogens with one attached hydrogen (secondary N) is 2. The molecule has 3 rings (SSSR count). The van der Waals surface area contributed by atoms with Crippen LogP contribution in [0.25, 0.3) is 0 Å². The first-order valence-corrected chi connectivity index (χ1v) is 13.3. The Balaban J connectivity index is 1.85. The number of sulfonamides is 1. The van der Waals surface area contributed by atoms with E-state index in [9.17, 15) is 21.6 Å². The van der Waals surface area contributed by atoms with Gasteiger partial charge < -0.3 is 10.1 Å². The van der Waals surface area contributed by atoms with Gasteiger partial charge in [-0.2, -0.15) is 0 Å². The number of hydrogen-bond donors (Lipinski definition) is 2. The Morgan fingerprint density at radius 2 is 1.74 bits per heavy atom. The van der Waals surface area contributed by atoms with Crippen LogP contribution >= 0.6 is 0 Å². The van der Waals surface area contributed by atoms with Crippen LogP contribution in [0, 0.1) is 0 Å². The van der Waals surface area contributed by atoms with Gasteiger partial charge in [0.15, 0.2) is 9.84 Å². The number of anilines is 2. The summed E-state index contributed by atoms with van der Waals surface area (Å²) in [5, 5.41) is 2.84. The zero-order chi connectivity index (χ0) is 22.6. The molecule has 168 valence electrons. The van der Waals surface area contributed by atoms with Crippen LogP contribution in [-0.4, -0.2) is 65.6 Å². The van der Waals surface area contributed by atoms with Gasteiger partial charge >= 0.3 is 0 Å². The summed E-state index contributed by atoms with van der Waals surface area (Å²) in [4.78, 5) is 15.1. The second-order valence-corrected chi connectivity index (χ2v) is 11.3. The first kappa shape index (κ1) is 23.0. The summed E-state index contributed by atoms with van der Waals surface area (Å²) in [7, 11) is -5.18. The van der Waals surface area contributed by atoms with E-state index in [0.717, 1.165) is 11.8 Å². The molecule has 2 N–H and O–H groups in total. The number of amides is 1. The van der Waals surface area contributed by atoms with E-state index in [0.29, 0.717) is 5.69 Å². The van der Waals surface area contributed by atoms with E-state index in [1.165, 1.54) is 19.2 Å². The van der Waals surface area contributed by atoms with E-state index in [-0.39, 0.29) is 41.9 Å². The highest BCUT2D eigenvalue weighted by Crippen LogP contribution is 2.30. The summed E-state index contributed by atoms with van der Waals surface area (Å²) < 4.78 is 54.3. The Morgan fingerprint density at radius 3 is 2.32 bits per heavy atom. The molecule has 1 aliphatic heterocycles. The molecule has 1 amide bonds. The summed E-state index contributed by atoms with van der Waals surface area (Å²) in [5.41, 5.74) is 1.43. The molecular formula is C20H25N3O6S2. The highest BCUT2D eigenvalue weighted by atomic mass is 32.2. The second-order valence-electron chi connectivity index (χ2n) is 7.28. The van der Waals surface area contributed by atoms with E-state index in [4.69, 9.17) is 4.74 Å². The van der Waals surface area contributed by atoms with Gasteiger partial charge in [0.1, 0.15) is 11.8 Å². The van der Waals surface area contributed by atoms with E-state index in [2.05, 4.69) is 10.0 Å². The van der Waals surface area contributed by atoms with Gasteiger partial charge in [-0.05, 0) is 17.7 Å². The third-order valence-corrected chi connectivity index (χ3v) is 7.07. The highest BCUT2D eigenvalue weighted by Gasteiger charge is 2.32. The van der Waals surface area contributed by atoms with Crippen LogP contribution in [0.1, 0.15) is 11.6 Å². The number of nitrogens with zero attached hydrogens (tertiary/aromatic N) is 1. The van der Waals surface area contributed by atoms with Gasteiger partial charge in [0, 0.05) is 24.8 Å². The number of benzene rings is 2. The predicted octanol–water partition coefficient (Wildman–Crippen LogP) is 1.48. The molecule has 1 fully saturated rings. The van der Waals surface area contributed by atoms with Crippen LogP contribution in [0.2, 0.25) is 0 Å². The molecule has 2 aromatic rings. The number of carbonyl (C=O) groups is 1. The fourth-order valence-electron chi connectivity index (χ4n) is 3.41. The molecular weight excluding hydrogens is 442 g/mol. The standard InChI is InChI=1S/C20H25N3O6S2/c1-29-18-14-16(8-9-17(18)22-30(2,25)26)21-20(24)19(15-6-4-3-5-7-15)23-10-12-31(27,28)13-11-23/h3-9,14,19,22H,10-13H2,1-2H3,(H,21,24). The minimum Gasteiger partial charge on any atom is -0.494 e. The molecule has 11 heteroatoms. The fourth-order valence-corrected chi connectivity index (χ4v) is 5.21. The molecule has 1 atom stereocenters. The van der Waals surface area contributed by atoms with Crippen LogP contribution in [0.5, 0.6) is 5.75 Å². The Labute approximate surface area is 182 Å². The lowest BCUT2D eigenvalue weighted by molar-refractivity contribution is -0.121. The normalized spacial score (nSPS) is 17.5. The van der Waals surface area contributed by atoms with Crippen molar-refractivity contribution in [2.45, 2.75) is 6.04 Å². The fraction of sp³-hybridized carbons (Fsp3) is 0.350. The first-order chi connectivity index (χ1) is 14.6. The monoisotopic (exact) mass is 467 g/mol. The summed E-state index contributed by atoms with van der Waals surface area (Å²) in [6.07, 6.45) is 1.03. The van der Waals surface area contributed by atoms with Crippen LogP contribution in [-0.2, 0) is 24.7 Å². The number of ether oxygens (including phenoxy) is 1. The zero-order valence-electron chi connectivity index (χ0n) is 17.2. The number of methoxy groups -OCH3 is 1. The van der Waals surface area contributed by atoms with Crippen molar-refractivity contribution >= 4 is 37.1 Å². The predicted molar refractivity (Wildman–Crippen MR) is 120 cm³/mol. The second kappa shape index (κ2) is 9.25. The molecule has 9 nitrogen and oxygen atoms in total. The van der Waals surface area contributed by atoms with Crippen molar-refractivity contribution in [1.29, 1.82) is 0 Å². The topological polar surface area (TPSA) is 122 Å². The van der Waals surface area contributed by atoms with Gasteiger partial charge in [0.2, 0.25) is 15.9 Å². The maximum atomic E-state index is 13.2. The average molecular weight is 468 g/mol. The van der Waals surface area contributed by atoms with Gasteiger partial charge in [-0.3, -0.25) is 14.4 Å². The van der Waals surface area contributed by atoms with Crippen molar-refractivity contribution in [2.75, 3.05) is 48.0 Å². The van der Waals surface area contributed by atoms with Gasteiger partial charge in [0.25, 0.3) is 0 Å². The Morgan fingerprint density at radius 1 is 1.10 bits per heavy atom. The minimum absolute atomic E-state index is 0.00327. The molecule has 0 spiro atoms. The molecule has 0 saturated carbocycles. The molecule has 1 saturated heterocycles. The molecule has 2 aromatic carbocycles. The van der Waals surface area contributed by atoms with Gasteiger partial charge in [-0.15, -0.1) is 0 Å². The number of sulfone groups is 1. The Hall–Kier alpha value is -2.63. The third-order valence-electron chi connectivity index (χ3n) is 4.87. The van der Waals surface area contributed by atoms with E-state index in [1.807, 2.05) is 35.2 Å². The lowest BCUT2D eigenvalue weighted by atomic mass is 10.0. The van der Waals surface area contributed by atoms with E-state index in [1.54, 1.807) is 6.07 Å².